The Morgan fingerprint density at radius 3 is 2.69 bits per heavy atom. The van der Waals surface area contributed by atoms with Gasteiger partial charge in [0, 0.05) is 13.3 Å². The molecule has 9 nitrogen and oxygen atoms in total. The molecule has 0 saturated carbocycles. The van der Waals surface area contributed by atoms with E-state index in [0.717, 1.165) is 6.20 Å². The highest BCUT2D eigenvalue weighted by molar-refractivity contribution is 5.76. The molecule has 1 unspecified atom stereocenters. The van der Waals surface area contributed by atoms with Gasteiger partial charge < -0.3 is 25.7 Å². The summed E-state index contributed by atoms with van der Waals surface area (Å²) < 4.78 is 45.5. The quantitative estimate of drug-likeness (QED) is 0.658. The minimum absolute atomic E-state index is 0.119. The smallest absolute Gasteiger partial charge is 0.351 e. The van der Waals surface area contributed by atoms with Crippen LogP contribution in [0.5, 0.6) is 0 Å². The third-order valence-electron chi connectivity index (χ3n) is 4.02. The third-order valence-corrected chi connectivity index (χ3v) is 4.02. The number of ether oxygens (including phenoxy) is 3. The Labute approximate surface area is 148 Å². The normalized spacial score (nSPS) is 26.0. The molecule has 4 atom stereocenters. The van der Waals surface area contributed by atoms with Crippen molar-refractivity contribution >= 4 is 11.8 Å². The van der Waals surface area contributed by atoms with Crippen LogP contribution in [-0.2, 0) is 19.0 Å². The Bertz CT molecular complexity index is 712. The van der Waals surface area contributed by atoms with Crippen LogP contribution in [0.2, 0.25) is 0 Å². The molecule has 0 radical (unpaired) electrons. The van der Waals surface area contributed by atoms with E-state index < -0.39 is 42.1 Å². The van der Waals surface area contributed by atoms with Gasteiger partial charge in [0.05, 0.1) is 6.61 Å². The lowest BCUT2D eigenvalue weighted by atomic mass is 10.1. The Kier molecular flexibility index (Phi) is 5.94. The molecular formula is C15H22F2N4O5. The van der Waals surface area contributed by atoms with Crippen molar-refractivity contribution in [1.29, 1.82) is 0 Å². The van der Waals surface area contributed by atoms with E-state index in [-0.39, 0.29) is 18.3 Å². The number of methoxy groups -OCH3 is 1. The molecule has 0 aromatic carbocycles. The molecule has 0 spiro atoms. The number of nitrogens with two attached hydrogens (primary N) is 2. The first kappa shape index (κ1) is 20.2. The molecule has 26 heavy (non-hydrogen) atoms. The SMILES string of the molecule is COC[C@H]1O[C@@H](n2ccc(N)nc2=O)C(F)(F)C1OC(=O)[C@@H](N)C(C)C. The number of esters is 1. The van der Waals surface area contributed by atoms with E-state index in [4.69, 9.17) is 25.7 Å². The molecular weight excluding hydrogens is 354 g/mol. The first-order chi connectivity index (χ1) is 12.1. The van der Waals surface area contributed by atoms with Crippen molar-refractivity contribution in [3.63, 3.8) is 0 Å². The summed E-state index contributed by atoms with van der Waals surface area (Å²) in [4.78, 5) is 27.4. The number of rotatable bonds is 6. The lowest BCUT2D eigenvalue weighted by molar-refractivity contribution is -0.178. The predicted molar refractivity (Wildman–Crippen MR) is 86.3 cm³/mol. The van der Waals surface area contributed by atoms with Crippen LogP contribution in [0.4, 0.5) is 14.6 Å². The molecule has 2 rings (SSSR count). The van der Waals surface area contributed by atoms with Gasteiger partial charge in [-0.3, -0.25) is 9.36 Å². The molecule has 1 aromatic rings. The Morgan fingerprint density at radius 1 is 1.50 bits per heavy atom. The zero-order valence-corrected chi connectivity index (χ0v) is 14.6. The standard InChI is InChI=1S/C15H22F2N4O5/c1-7(2)10(19)12(22)26-11-8(6-24-3)25-13(15(11,16)17)21-5-4-9(18)20-14(21)23/h4-5,7-8,10-11,13H,6,19H2,1-3H3,(H2,18,20,23)/t8-,10+,11?,13-/m1/s1. The number of carbonyl (C=O) groups excluding carboxylic acids is 1. The maximum Gasteiger partial charge on any atom is 0.351 e. The van der Waals surface area contributed by atoms with Crippen molar-refractivity contribution in [3.8, 4) is 0 Å². The van der Waals surface area contributed by atoms with E-state index in [1.54, 1.807) is 13.8 Å². The number of anilines is 1. The summed E-state index contributed by atoms with van der Waals surface area (Å²) in [7, 11) is 1.28. The van der Waals surface area contributed by atoms with Gasteiger partial charge in [-0.15, -0.1) is 0 Å². The summed E-state index contributed by atoms with van der Waals surface area (Å²) in [5, 5.41) is 0. The highest BCUT2D eigenvalue weighted by atomic mass is 19.3. The highest BCUT2D eigenvalue weighted by Gasteiger charge is 2.62. The van der Waals surface area contributed by atoms with E-state index in [9.17, 15) is 18.4 Å². The van der Waals surface area contributed by atoms with Gasteiger partial charge >= 0.3 is 17.6 Å². The Morgan fingerprint density at radius 2 is 2.15 bits per heavy atom. The van der Waals surface area contributed by atoms with Crippen LogP contribution in [0.1, 0.15) is 20.1 Å². The van der Waals surface area contributed by atoms with Gasteiger partial charge in [-0.25, -0.2) is 4.79 Å². The van der Waals surface area contributed by atoms with Crippen LogP contribution in [-0.4, -0.2) is 53.4 Å². The van der Waals surface area contributed by atoms with E-state index >= 15 is 0 Å². The average molecular weight is 376 g/mol. The first-order valence-electron chi connectivity index (χ1n) is 7.92. The van der Waals surface area contributed by atoms with Crippen LogP contribution in [0.25, 0.3) is 0 Å². The first-order valence-corrected chi connectivity index (χ1v) is 7.92. The van der Waals surface area contributed by atoms with Crippen LogP contribution < -0.4 is 17.2 Å². The summed E-state index contributed by atoms with van der Waals surface area (Å²) in [6.45, 7) is 3.03. The molecule has 11 heteroatoms. The second-order valence-corrected chi connectivity index (χ2v) is 6.33. The van der Waals surface area contributed by atoms with Crippen LogP contribution >= 0.6 is 0 Å². The fourth-order valence-electron chi connectivity index (χ4n) is 2.49. The molecule has 0 bridgehead atoms. The predicted octanol–water partition coefficient (Wildman–Crippen LogP) is -0.100. The summed E-state index contributed by atoms with van der Waals surface area (Å²) >= 11 is 0. The summed E-state index contributed by atoms with van der Waals surface area (Å²) in [6, 6.07) is 0.106. The number of carbonyl (C=O) groups is 1. The van der Waals surface area contributed by atoms with Crippen molar-refractivity contribution in [3.05, 3.63) is 22.7 Å². The number of halogens is 2. The maximum atomic E-state index is 14.9. The minimum atomic E-state index is -3.73. The zero-order chi connectivity index (χ0) is 19.6. The van der Waals surface area contributed by atoms with Gasteiger partial charge in [-0.05, 0) is 12.0 Å². The van der Waals surface area contributed by atoms with Crippen molar-refractivity contribution in [2.45, 2.75) is 44.2 Å². The van der Waals surface area contributed by atoms with Crippen molar-refractivity contribution in [2.24, 2.45) is 11.7 Å². The minimum Gasteiger partial charge on any atom is -0.452 e. The molecule has 1 aliphatic rings. The zero-order valence-electron chi connectivity index (χ0n) is 14.6. The fourth-order valence-corrected chi connectivity index (χ4v) is 2.49. The van der Waals surface area contributed by atoms with E-state index in [0.29, 0.717) is 4.57 Å². The van der Waals surface area contributed by atoms with Gasteiger partial charge in [0.1, 0.15) is 18.0 Å². The molecule has 4 N–H and O–H groups in total. The second kappa shape index (κ2) is 7.64. The van der Waals surface area contributed by atoms with E-state index in [1.807, 2.05) is 0 Å². The van der Waals surface area contributed by atoms with Crippen molar-refractivity contribution < 1.29 is 27.8 Å². The van der Waals surface area contributed by atoms with E-state index in [1.165, 1.54) is 13.2 Å². The van der Waals surface area contributed by atoms with Gasteiger partial charge in [-0.1, -0.05) is 13.8 Å². The molecule has 146 valence electrons. The molecule has 1 saturated heterocycles. The van der Waals surface area contributed by atoms with Crippen molar-refractivity contribution in [2.75, 3.05) is 19.5 Å². The number of nitrogen functional groups attached to an aromatic ring is 1. The van der Waals surface area contributed by atoms with Crippen LogP contribution in [0.3, 0.4) is 0 Å². The monoisotopic (exact) mass is 376 g/mol. The van der Waals surface area contributed by atoms with Gasteiger partial charge in [-0.2, -0.15) is 13.8 Å². The Balaban J connectivity index is 2.34. The largest absolute Gasteiger partial charge is 0.452 e. The molecule has 2 heterocycles. The fraction of sp³-hybridized carbons (Fsp3) is 0.667. The molecule has 0 aliphatic carbocycles. The number of hydrogen-bond donors (Lipinski definition) is 2. The second-order valence-electron chi connectivity index (χ2n) is 6.33. The lowest BCUT2D eigenvalue weighted by Crippen LogP contribution is -2.48. The summed E-state index contributed by atoms with van der Waals surface area (Å²) in [5.41, 5.74) is 10.0. The van der Waals surface area contributed by atoms with E-state index in [2.05, 4.69) is 4.98 Å². The molecule has 1 fully saturated rings. The average Bonchev–Trinajstić information content (AvgIpc) is 2.78. The Hall–Kier alpha value is -2.11. The van der Waals surface area contributed by atoms with Gasteiger partial charge in [0.25, 0.3) is 0 Å². The van der Waals surface area contributed by atoms with Gasteiger partial charge in [0.15, 0.2) is 6.10 Å². The number of nitrogens with zero attached hydrogens (tertiary/aromatic N) is 2. The third kappa shape index (κ3) is 3.84. The lowest BCUT2D eigenvalue weighted by Gasteiger charge is -2.26. The summed E-state index contributed by atoms with van der Waals surface area (Å²) in [6.07, 6.45) is -4.27. The highest BCUT2D eigenvalue weighted by Crippen LogP contribution is 2.44. The van der Waals surface area contributed by atoms with Crippen molar-refractivity contribution in [1.82, 2.24) is 9.55 Å². The number of hydrogen-bond acceptors (Lipinski definition) is 8. The van der Waals surface area contributed by atoms with Crippen LogP contribution in [0, 0.1) is 5.92 Å². The number of aromatic nitrogens is 2. The molecule has 1 aliphatic heterocycles. The maximum absolute atomic E-state index is 14.9. The molecule has 0 amide bonds. The van der Waals surface area contributed by atoms with Crippen LogP contribution in [0.15, 0.2) is 17.1 Å². The summed E-state index contributed by atoms with van der Waals surface area (Å²) in [5.74, 6) is -5.14. The number of alkyl halides is 2. The topological polar surface area (TPSA) is 132 Å². The molecule has 1 aromatic heterocycles. The van der Waals surface area contributed by atoms with Gasteiger partial charge in [0.2, 0.25) is 6.23 Å².